The van der Waals surface area contributed by atoms with Gasteiger partial charge < -0.3 is 15.0 Å². The molecule has 5 nitrogen and oxygen atoms in total. The van der Waals surface area contributed by atoms with Crippen LogP contribution in [-0.4, -0.2) is 36.3 Å². The van der Waals surface area contributed by atoms with E-state index in [1.807, 2.05) is 24.3 Å². The van der Waals surface area contributed by atoms with Crippen molar-refractivity contribution < 1.29 is 9.13 Å². The van der Waals surface area contributed by atoms with Crippen LogP contribution in [0.15, 0.2) is 42.5 Å². The second-order valence-electron chi connectivity index (χ2n) is 5.74. The lowest BCUT2D eigenvalue weighted by atomic mass is 10.2. The van der Waals surface area contributed by atoms with Crippen LogP contribution < -0.4 is 10.2 Å². The molecule has 128 valence electrons. The van der Waals surface area contributed by atoms with Crippen molar-refractivity contribution in [3.8, 4) is 0 Å². The number of halogens is 2. The molecule has 7 heteroatoms. The third kappa shape index (κ3) is 3.36. The number of nitrogens with one attached hydrogen (secondary N) is 1. The minimum absolute atomic E-state index is 0.0548. The summed E-state index contributed by atoms with van der Waals surface area (Å²) in [6, 6.07) is 12.3. The van der Waals surface area contributed by atoms with Gasteiger partial charge in [0.25, 0.3) is 0 Å². The molecule has 1 aliphatic heterocycles. The monoisotopic (exact) mass is 358 g/mol. The summed E-state index contributed by atoms with van der Waals surface area (Å²) in [6.45, 7) is 2.91. The highest BCUT2D eigenvalue weighted by Gasteiger charge is 2.17. The number of hydrogen-bond acceptors (Lipinski definition) is 5. The van der Waals surface area contributed by atoms with Crippen LogP contribution >= 0.6 is 11.6 Å². The van der Waals surface area contributed by atoms with E-state index in [0.29, 0.717) is 24.8 Å². The molecule has 0 spiro atoms. The van der Waals surface area contributed by atoms with E-state index in [4.69, 9.17) is 16.3 Å². The molecule has 0 atom stereocenters. The van der Waals surface area contributed by atoms with E-state index in [1.54, 1.807) is 6.07 Å². The maximum atomic E-state index is 13.3. The van der Waals surface area contributed by atoms with Gasteiger partial charge in [-0.25, -0.2) is 9.37 Å². The quantitative estimate of drug-likeness (QED) is 0.766. The van der Waals surface area contributed by atoms with E-state index in [0.717, 1.165) is 29.8 Å². The molecule has 2 heterocycles. The highest BCUT2D eigenvalue weighted by molar-refractivity contribution is 6.31. The molecule has 1 aromatic heterocycles. The molecular weight excluding hydrogens is 343 g/mol. The Balaban J connectivity index is 1.74. The molecule has 0 radical (unpaired) electrons. The van der Waals surface area contributed by atoms with Crippen molar-refractivity contribution in [1.29, 1.82) is 0 Å². The van der Waals surface area contributed by atoms with Crippen molar-refractivity contribution in [2.24, 2.45) is 0 Å². The maximum absolute atomic E-state index is 13.3. The van der Waals surface area contributed by atoms with Crippen LogP contribution in [0.1, 0.15) is 0 Å². The number of ether oxygens (including phenoxy) is 1. The summed E-state index contributed by atoms with van der Waals surface area (Å²) in [5.74, 6) is 0.855. The summed E-state index contributed by atoms with van der Waals surface area (Å²) in [7, 11) is 0. The van der Waals surface area contributed by atoms with Gasteiger partial charge in [0.05, 0.1) is 23.8 Å². The molecule has 25 heavy (non-hydrogen) atoms. The number of aromatic nitrogens is 2. The van der Waals surface area contributed by atoms with Gasteiger partial charge in [0.15, 0.2) is 0 Å². The van der Waals surface area contributed by atoms with E-state index >= 15 is 0 Å². The van der Waals surface area contributed by atoms with Crippen LogP contribution in [0.4, 0.5) is 21.8 Å². The molecule has 1 fully saturated rings. The second kappa shape index (κ2) is 6.82. The van der Waals surface area contributed by atoms with Gasteiger partial charge in [-0.15, -0.1) is 0 Å². The number of para-hydroxylation sites is 1. The van der Waals surface area contributed by atoms with Crippen LogP contribution in [-0.2, 0) is 4.74 Å². The third-order valence-electron chi connectivity index (χ3n) is 4.07. The minimum Gasteiger partial charge on any atom is -0.378 e. The standard InChI is InChI=1S/C18H16ClFN4O/c19-14-11-12(5-6-15(14)20)21-18-22-16-4-2-1-3-13(16)17(23-18)24-7-9-25-10-8-24/h1-6,11H,7-10H2,(H,21,22,23). The number of nitrogens with zero attached hydrogens (tertiary/aromatic N) is 3. The van der Waals surface area contributed by atoms with E-state index in [1.165, 1.54) is 12.1 Å². The lowest BCUT2D eigenvalue weighted by molar-refractivity contribution is 0.122. The fourth-order valence-corrected chi connectivity index (χ4v) is 3.02. The van der Waals surface area contributed by atoms with Crippen LogP contribution in [0.25, 0.3) is 10.9 Å². The van der Waals surface area contributed by atoms with Crippen LogP contribution in [0.5, 0.6) is 0 Å². The van der Waals surface area contributed by atoms with Crippen molar-refractivity contribution in [3.05, 3.63) is 53.3 Å². The lowest BCUT2D eigenvalue weighted by Gasteiger charge is -2.29. The van der Waals surface area contributed by atoms with Gasteiger partial charge >= 0.3 is 0 Å². The van der Waals surface area contributed by atoms with Gasteiger partial charge in [0.2, 0.25) is 5.95 Å². The molecule has 1 aliphatic rings. The number of rotatable bonds is 3. The first-order valence-corrected chi connectivity index (χ1v) is 8.40. The Hall–Kier alpha value is -2.44. The highest BCUT2D eigenvalue weighted by Crippen LogP contribution is 2.28. The largest absolute Gasteiger partial charge is 0.378 e. The van der Waals surface area contributed by atoms with Gasteiger partial charge in [0.1, 0.15) is 11.6 Å². The average molecular weight is 359 g/mol. The molecule has 0 unspecified atom stereocenters. The molecule has 0 aliphatic carbocycles. The molecule has 0 saturated carbocycles. The maximum Gasteiger partial charge on any atom is 0.229 e. The SMILES string of the molecule is Fc1ccc(Nc2nc(N3CCOCC3)c3ccccc3n2)cc1Cl. The number of morpholine rings is 1. The van der Waals surface area contributed by atoms with E-state index in [2.05, 4.69) is 20.2 Å². The first-order valence-electron chi connectivity index (χ1n) is 8.02. The van der Waals surface area contributed by atoms with Gasteiger partial charge in [-0.2, -0.15) is 4.98 Å². The summed E-state index contributed by atoms with van der Waals surface area (Å²) >= 11 is 5.85. The summed E-state index contributed by atoms with van der Waals surface area (Å²) < 4.78 is 18.8. The zero-order chi connectivity index (χ0) is 17.2. The average Bonchev–Trinajstić information content (AvgIpc) is 2.65. The number of hydrogen-bond donors (Lipinski definition) is 1. The Morgan fingerprint density at radius 2 is 1.88 bits per heavy atom. The molecule has 1 N–H and O–H groups in total. The van der Waals surface area contributed by atoms with Crippen molar-refractivity contribution >= 4 is 40.0 Å². The first-order chi connectivity index (χ1) is 12.2. The third-order valence-corrected chi connectivity index (χ3v) is 4.36. The molecule has 0 amide bonds. The summed E-state index contributed by atoms with van der Waals surface area (Å²) in [5, 5.41) is 4.16. The summed E-state index contributed by atoms with van der Waals surface area (Å²) in [5.41, 5.74) is 1.48. The molecule has 1 saturated heterocycles. The summed E-state index contributed by atoms with van der Waals surface area (Å²) in [4.78, 5) is 11.4. The van der Waals surface area contributed by atoms with E-state index in [-0.39, 0.29) is 5.02 Å². The zero-order valence-electron chi connectivity index (χ0n) is 13.4. The van der Waals surface area contributed by atoms with Gasteiger partial charge in [-0.05, 0) is 30.3 Å². The van der Waals surface area contributed by atoms with Crippen LogP contribution in [0, 0.1) is 5.82 Å². The fourth-order valence-electron chi connectivity index (χ4n) is 2.83. The molecule has 4 rings (SSSR count). The molecular formula is C18H16ClFN4O. The van der Waals surface area contributed by atoms with Crippen molar-refractivity contribution in [2.45, 2.75) is 0 Å². The Labute approximate surface area is 149 Å². The van der Waals surface area contributed by atoms with E-state index < -0.39 is 5.82 Å². The van der Waals surface area contributed by atoms with Crippen molar-refractivity contribution in [2.75, 3.05) is 36.5 Å². The van der Waals surface area contributed by atoms with Gasteiger partial charge in [-0.3, -0.25) is 0 Å². The number of anilines is 3. The molecule has 0 bridgehead atoms. The predicted octanol–water partition coefficient (Wildman–Crippen LogP) is 4.00. The van der Waals surface area contributed by atoms with Crippen molar-refractivity contribution in [1.82, 2.24) is 9.97 Å². The van der Waals surface area contributed by atoms with Gasteiger partial charge in [0, 0.05) is 24.2 Å². The second-order valence-corrected chi connectivity index (χ2v) is 6.15. The normalized spacial score (nSPS) is 14.7. The Morgan fingerprint density at radius 3 is 2.68 bits per heavy atom. The van der Waals surface area contributed by atoms with Crippen LogP contribution in [0.2, 0.25) is 5.02 Å². The number of benzene rings is 2. The van der Waals surface area contributed by atoms with Crippen molar-refractivity contribution in [3.63, 3.8) is 0 Å². The number of fused-ring (bicyclic) bond motifs is 1. The highest BCUT2D eigenvalue weighted by atomic mass is 35.5. The van der Waals surface area contributed by atoms with E-state index in [9.17, 15) is 4.39 Å². The Kier molecular flexibility index (Phi) is 4.38. The Bertz CT molecular complexity index is 915. The fraction of sp³-hybridized carbons (Fsp3) is 0.222. The molecule has 3 aromatic rings. The summed E-state index contributed by atoms with van der Waals surface area (Å²) in [6.07, 6.45) is 0. The van der Waals surface area contributed by atoms with Crippen LogP contribution in [0.3, 0.4) is 0 Å². The van der Waals surface area contributed by atoms with Gasteiger partial charge in [-0.1, -0.05) is 23.7 Å². The zero-order valence-corrected chi connectivity index (χ0v) is 14.1. The predicted molar refractivity (Wildman–Crippen MR) is 97.3 cm³/mol. The smallest absolute Gasteiger partial charge is 0.229 e. The Morgan fingerprint density at radius 1 is 1.08 bits per heavy atom. The topological polar surface area (TPSA) is 50.3 Å². The minimum atomic E-state index is -0.458. The first kappa shape index (κ1) is 16.1. The lowest BCUT2D eigenvalue weighted by Crippen LogP contribution is -2.37. The molecule has 2 aromatic carbocycles.